The van der Waals surface area contributed by atoms with E-state index in [1.807, 2.05) is 0 Å². The Kier molecular flexibility index (Phi) is 3.40. The van der Waals surface area contributed by atoms with Crippen molar-refractivity contribution in [3.63, 3.8) is 0 Å². The van der Waals surface area contributed by atoms with Crippen molar-refractivity contribution in [3.05, 3.63) is 28.4 Å². The normalized spacial score (nSPS) is 9.07. The lowest BCUT2D eigenvalue weighted by Crippen LogP contribution is -2.26. The van der Waals surface area contributed by atoms with E-state index in [1.54, 1.807) is 13.0 Å². The Bertz CT molecular complexity index is 460. The van der Waals surface area contributed by atoms with E-state index in [0.29, 0.717) is 0 Å². The summed E-state index contributed by atoms with van der Waals surface area (Å²) in [5, 5.41) is 8.53. The minimum absolute atomic E-state index is 0.158. The van der Waals surface area contributed by atoms with Crippen molar-refractivity contribution in [1.29, 1.82) is 5.26 Å². The number of nitriles is 1. The van der Waals surface area contributed by atoms with E-state index in [-0.39, 0.29) is 12.2 Å². The topological polar surface area (TPSA) is 97.0 Å². The van der Waals surface area contributed by atoms with Crippen LogP contribution >= 0.6 is 0 Å². The summed E-state index contributed by atoms with van der Waals surface area (Å²) in [6, 6.07) is 1.65. The molecule has 7 heteroatoms. The van der Waals surface area contributed by atoms with Gasteiger partial charge >= 0.3 is 6.09 Å². The fourth-order valence-corrected chi connectivity index (χ4v) is 0.818. The van der Waals surface area contributed by atoms with Crippen molar-refractivity contribution in [3.8, 4) is 6.07 Å². The highest BCUT2D eigenvalue weighted by Gasteiger charge is 2.03. The highest BCUT2D eigenvalue weighted by atomic mass is 16.5. The van der Waals surface area contributed by atoms with Crippen LogP contribution in [0.1, 0.15) is 12.5 Å². The highest BCUT2D eigenvalue weighted by Crippen LogP contribution is 1.87. The zero-order valence-electron chi connectivity index (χ0n) is 7.93. The van der Waals surface area contributed by atoms with Crippen molar-refractivity contribution in [2.45, 2.75) is 6.92 Å². The van der Waals surface area contributed by atoms with Crippen molar-refractivity contribution < 1.29 is 9.53 Å². The predicted molar refractivity (Wildman–Crippen MR) is 49.6 cm³/mol. The average molecular weight is 208 g/mol. The minimum atomic E-state index is -0.688. The van der Waals surface area contributed by atoms with Crippen LogP contribution in [0.4, 0.5) is 4.79 Å². The number of ether oxygens (including phenoxy) is 1. The van der Waals surface area contributed by atoms with Gasteiger partial charge < -0.3 is 4.74 Å². The Labute approximate surface area is 84.9 Å². The highest BCUT2D eigenvalue weighted by molar-refractivity contribution is 5.75. The van der Waals surface area contributed by atoms with Gasteiger partial charge in [-0.1, -0.05) is 0 Å². The molecule has 1 rings (SSSR count). The van der Waals surface area contributed by atoms with Crippen LogP contribution in [0.15, 0.2) is 17.3 Å². The number of nitrogens with one attached hydrogen (secondary N) is 1. The summed E-state index contributed by atoms with van der Waals surface area (Å²) < 4.78 is 5.67. The second-order valence-corrected chi connectivity index (χ2v) is 2.44. The van der Waals surface area contributed by atoms with Gasteiger partial charge in [-0.25, -0.2) is 14.9 Å². The third-order valence-electron chi connectivity index (χ3n) is 1.41. The van der Waals surface area contributed by atoms with Crippen LogP contribution in [0.3, 0.4) is 0 Å². The van der Waals surface area contributed by atoms with Gasteiger partial charge in [0.15, 0.2) is 0 Å². The minimum Gasteiger partial charge on any atom is -0.449 e. The van der Waals surface area contributed by atoms with E-state index in [9.17, 15) is 9.59 Å². The predicted octanol–water partition coefficient (Wildman–Crippen LogP) is -0.185. The van der Waals surface area contributed by atoms with Gasteiger partial charge in [0.2, 0.25) is 0 Å². The molecule has 0 fully saturated rings. The average Bonchev–Trinajstić information content (AvgIpc) is 2.21. The molecule has 15 heavy (non-hydrogen) atoms. The molecule has 0 aliphatic heterocycles. The molecule has 0 aliphatic carbocycles. The van der Waals surface area contributed by atoms with Crippen molar-refractivity contribution in [2.24, 2.45) is 0 Å². The lowest BCUT2D eigenvalue weighted by molar-refractivity contribution is 0.164. The molecule has 1 aromatic heterocycles. The van der Waals surface area contributed by atoms with Gasteiger partial charge in [0, 0.05) is 0 Å². The maximum absolute atomic E-state index is 11.0. The number of aromatic nitrogens is 2. The smallest absolute Gasteiger partial charge is 0.426 e. The van der Waals surface area contributed by atoms with Crippen LogP contribution < -0.4 is 11.0 Å². The van der Waals surface area contributed by atoms with E-state index in [2.05, 4.69) is 15.1 Å². The van der Waals surface area contributed by atoms with E-state index < -0.39 is 11.7 Å². The fraction of sp³-hybridized carbons (Fsp3) is 0.250. The first-order chi connectivity index (χ1) is 7.17. The summed E-state index contributed by atoms with van der Waals surface area (Å²) in [5.74, 6) is 0. The van der Waals surface area contributed by atoms with Crippen LogP contribution in [0.2, 0.25) is 0 Å². The van der Waals surface area contributed by atoms with Crippen molar-refractivity contribution >= 4 is 6.09 Å². The fourth-order valence-electron chi connectivity index (χ4n) is 0.818. The summed E-state index contributed by atoms with van der Waals surface area (Å²) in [4.78, 5) is 25.3. The number of rotatable bonds is 2. The number of carbonyl (C=O) groups is 1. The Morgan fingerprint density at radius 1 is 1.80 bits per heavy atom. The molecule has 0 atom stereocenters. The van der Waals surface area contributed by atoms with Crippen LogP contribution in [0.5, 0.6) is 0 Å². The van der Waals surface area contributed by atoms with Crippen LogP contribution in [-0.2, 0) is 4.74 Å². The molecule has 0 spiro atoms. The third kappa shape index (κ3) is 2.80. The summed E-state index contributed by atoms with van der Waals surface area (Å²) >= 11 is 0. The molecule has 0 aromatic carbocycles. The molecule has 1 heterocycles. The quantitative estimate of drug-likeness (QED) is 0.726. The molecule has 0 aliphatic rings. The van der Waals surface area contributed by atoms with Crippen molar-refractivity contribution in [2.75, 3.05) is 12.0 Å². The van der Waals surface area contributed by atoms with E-state index in [0.717, 1.165) is 17.2 Å². The SMILES string of the molecule is CCOC(=O)Nn1cnc(=O)c(C#N)c1. The zero-order chi connectivity index (χ0) is 11.3. The van der Waals surface area contributed by atoms with Gasteiger partial charge in [0.1, 0.15) is 18.0 Å². The molecule has 78 valence electrons. The van der Waals surface area contributed by atoms with Gasteiger partial charge in [0.25, 0.3) is 5.56 Å². The van der Waals surface area contributed by atoms with E-state index >= 15 is 0 Å². The zero-order valence-corrected chi connectivity index (χ0v) is 7.93. The van der Waals surface area contributed by atoms with Gasteiger partial charge in [-0.2, -0.15) is 10.2 Å². The molecular weight excluding hydrogens is 200 g/mol. The third-order valence-corrected chi connectivity index (χ3v) is 1.41. The van der Waals surface area contributed by atoms with Crippen LogP contribution in [0.25, 0.3) is 0 Å². The lowest BCUT2D eigenvalue weighted by Gasteiger charge is -2.07. The lowest BCUT2D eigenvalue weighted by atomic mass is 10.4. The van der Waals surface area contributed by atoms with E-state index in [4.69, 9.17) is 5.26 Å². The van der Waals surface area contributed by atoms with Crippen molar-refractivity contribution in [1.82, 2.24) is 9.66 Å². The Morgan fingerprint density at radius 3 is 3.13 bits per heavy atom. The molecule has 1 amide bonds. The molecule has 0 unspecified atom stereocenters. The first kappa shape index (κ1) is 10.7. The second kappa shape index (κ2) is 4.76. The number of hydrogen-bond acceptors (Lipinski definition) is 5. The number of carbonyl (C=O) groups excluding carboxylic acids is 1. The molecular formula is C8H8N4O3. The van der Waals surface area contributed by atoms with Gasteiger partial charge in [0.05, 0.1) is 12.8 Å². The largest absolute Gasteiger partial charge is 0.449 e. The molecule has 0 bridgehead atoms. The van der Waals surface area contributed by atoms with Crippen LogP contribution in [0, 0.1) is 11.3 Å². The standard InChI is InChI=1S/C8H8N4O3/c1-2-15-8(14)11-12-4-6(3-9)7(13)10-5-12/h4-5H,2H2,1H3,(H,11,14). The maximum atomic E-state index is 11.0. The summed E-state index contributed by atoms with van der Waals surface area (Å²) in [5.41, 5.74) is 1.45. The van der Waals surface area contributed by atoms with Gasteiger partial charge in [-0.3, -0.25) is 4.79 Å². The molecule has 1 aromatic rings. The Hall–Kier alpha value is -2.36. The van der Waals surface area contributed by atoms with Gasteiger partial charge in [-0.15, -0.1) is 0 Å². The van der Waals surface area contributed by atoms with Crippen LogP contribution in [-0.4, -0.2) is 22.4 Å². The number of amides is 1. The molecule has 7 nitrogen and oxygen atoms in total. The Balaban J connectivity index is 2.84. The van der Waals surface area contributed by atoms with E-state index in [1.165, 1.54) is 0 Å². The summed E-state index contributed by atoms with van der Waals surface area (Å²) in [7, 11) is 0. The van der Waals surface area contributed by atoms with Gasteiger partial charge in [-0.05, 0) is 6.92 Å². The molecule has 1 N–H and O–H groups in total. The summed E-state index contributed by atoms with van der Waals surface area (Å²) in [6.07, 6.45) is 1.55. The first-order valence-electron chi connectivity index (χ1n) is 4.09. The summed E-state index contributed by atoms with van der Waals surface area (Å²) in [6.45, 7) is 1.88. The monoisotopic (exact) mass is 208 g/mol. The second-order valence-electron chi connectivity index (χ2n) is 2.44. The molecule has 0 saturated heterocycles. The Morgan fingerprint density at radius 2 is 2.53 bits per heavy atom. The number of nitrogens with zero attached hydrogens (tertiary/aromatic N) is 3. The number of hydrogen-bond donors (Lipinski definition) is 1. The molecule has 0 saturated carbocycles. The maximum Gasteiger partial charge on any atom is 0.426 e. The molecule has 0 radical (unpaired) electrons. The first-order valence-corrected chi connectivity index (χ1v) is 4.09.